The average molecular weight is 462 g/mol. The van der Waals surface area contributed by atoms with Crippen molar-refractivity contribution in [2.75, 3.05) is 20.3 Å². The van der Waals surface area contributed by atoms with Gasteiger partial charge in [0.25, 0.3) is 5.56 Å². The summed E-state index contributed by atoms with van der Waals surface area (Å²) in [6.07, 6.45) is -0.434. The summed E-state index contributed by atoms with van der Waals surface area (Å²) in [6, 6.07) is 15.4. The molecule has 0 spiro atoms. The van der Waals surface area contributed by atoms with Gasteiger partial charge in [0, 0.05) is 20.6 Å². The normalized spacial score (nSPS) is 15.4. The largest absolute Gasteiger partial charge is 0.497 e. The number of aromatic nitrogens is 3. The standard InChI is InChI=1S/C26H27N3O5/c1-5-33-19-12-8-17(9-13-19)24-23-22-20(25(30)28(3)26(31)27(22)2)21(29(23)14-15-34-24)16-6-10-18(32-4)11-7-16/h6-13,24H,5,14-15H2,1-4H3/t24-/m1/s1. The second-order valence-electron chi connectivity index (χ2n) is 8.30. The second kappa shape index (κ2) is 8.53. The number of fused-ring (bicyclic) bond motifs is 3. The van der Waals surface area contributed by atoms with E-state index >= 15 is 0 Å². The second-order valence-corrected chi connectivity index (χ2v) is 8.30. The topological polar surface area (TPSA) is 76.6 Å². The molecule has 0 amide bonds. The molecule has 5 rings (SSSR count). The van der Waals surface area contributed by atoms with Gasteiger partial charge in [-0.3, -0.25) is 13.9 Å². The smallest absolute Gasteiger partial charge is 0.331 e. The quantitative estimate of drug-likeness (QED) is 0.456. The highest BCUT2D eigenvalue weighted by Crippen LogP contribution is 2.41. The van der Waals surface area contributed by atoms with Gasteiger partial charge in [0.2, 0.25) is 0 Å². The molecular formula is C26H27N3O5. The first-order valence-corrected chi connectivity index (χ1v) is 11.3. The minimum atomic E-state index is -0.434. The zero-order valence-electron chi connectivity index (χ0n) is 19.7. The highest BCUT2D eigenvalue weighted by Gasteiger charge is 2.33. The Morgan fingerprint density at radius 1 is 0.971 bits per heavy atom. The van der Waals surface area contributed by atoms with E-state index in [2.05, 4.69) is 4.57 Å². The summed E-state index contributed by atoms with van der Waals surface area (Å²) in [5, 5.41) is 0.506. The average Bonchev–Trinajstić information content (AvgIpc) is 3.22. The van der Waals surface area contributed by atoms with Crippen LogP contribution in [0.1, 0.15) is 24.3 Å². The number of aryl methyl sites for hydroxylation is 1. The van der Waals surface area contributed by atoms with Gasteiger partial charge in [-0.15, -0.1) is 0 Å². The van der Waals surface area contributed by atoms with Crippen molar-refractivity contribution in [3.63, 3.8) is 0 Å². The van der Waals surface area contributed by atoms with E-state index in [1.165, 1.54) is 7.05 Å². The summed E-state index contributed by atoms with van der Waals surface area (Å²) in [7, 11) is 4.83. The number of ether oxygens (including phenoxy) is 3. The van der Waals surface area contributed by atoms with Crippen LogP contribution in [0.3, 0.4) is 0 Å². The van der Waals surface area contributed by atoms with E-state index in [1.54, 1.807) is 18.7 Å². The summed E-state index contributed by atoms with van der Waals surface area (Å²) in [4.78, 5) is 26.4. The number of nitrogens with zero attached hydrogens (tertiary/aromatic N) is 3. The van der Waals surface area contributed by atoms with Crippen molar-refractivity contribution in [3.8, 4) is 22.8 Å². The van der Waals surface area contributed by atoms with Crippen LogP contribution in [0.15, 0.2) is 58.1 Å². The molecule has 0 N–H and O–H groups in total. The van der Waals surface area contributed by atoms with Gasteiger partial charge in [0.15, 0.2) is 0 Å². The van der Waals surface area contributed by atoms with Crippen LogP contribution in [0.4, 0.5) is 0 Å². The molecule has 2 aromatic carbocycles. The lowest BCUT2D eigenvalue weighted by Crippen LogP contribution is -2.37. The fourth-order valence-electron chi connectivity index (χ4n) is 4.79. The van der Waals surface area contributed by atoms with Gasteiger partial charge in [-0.05, 0) is 54.4 Å². The molecule has 0 saturated heterocycles. The first-order chi connectivity index (χ1) is 16.5. The molecular weight excluding hydrogens is 434 g/mol. The Bertz CT molecular complexity index is 1480. The third-order valence-corrected chi connectivity index (χ3v) is 6.41. The zero-order valence-corrected chi connectivity index (χ0v) is 19.7. The Hall–Kier alpha value is -3.78. The third-order valence-electron chi connectivity index (χ3n) is 6.41. The van der Waals surface area contributed by atoms with E-state index in [9.17, 15) is 9.59 Å². The Kier molecular flexibility index (Phi) is 5.53. The monoisotopic (exact) mass is 461 g/mol. The lowest BCUT2D eigenvalue weighted by Gasteiger charge is -2.28. The third kappa shape index (κ3) is 3.33. The minimum absolute atomic E-state index is 0.323. The first kappa shape index (κ1) is 22.0. The van der Waals surface area contributed by atoms with Crippen LogP contribution < -0.4 is 20.7 Å². The molecule has 8 nitrogen and oxygen atoms in total. The van der Waals surface area contributed by atoms with E-state index in [0.29, 0.717) is 30.7 Å². The van der Waals surface area contributed by atoms with Crippen molar-refractivity contribution in [1.82, 2.24) is 13.7 Å². The van der Waals surface area contributed by atoms with Gasteiger partial charge >= 0.3 is 5.69 Å². The predicted octanol–water partition coefficient (Wildman–Crippen LogP) is 3.23. The maximum atomic E-state index is 13.5. The SMILES string of the molecule is CCOc1ccc([C@H]2OCCn3c(-c4ccc(OC)cc4)c4c(=O)n(C)c(=O)n(C)c4c32)cc1. The molecule has 0 saturated carbocycles. The van der Waals surface area contributed by atoms with E-state index in [-0.39, 0.29) is 11.2 Å². The molecule has 8 heteroatoms. The molecule has 0 radical (unpaired) electrons. The van der Waals surface area contributed by atoms with Crippen LogP contribution in [0.5, 0.6) is 11.5 Å². The summed E-state index contributed by atoms with van der Waals surface area (Å²) in [6.45, 7) is 3.57. The van der Waals surface area contributed by atoms with E-state index < -0.39 is 6.10 Å². The number of methoxy groups -OCH3 is 1. The van der Waals surface area contributed by atoms with Crippen molar-refractivity contribution in [1.29, 1.82) is 0 Å². The van der Waals surface area contributed by atoms with Gasteiger partial charge in [0.1, 0.15) is 17.6 Å². The molecule has 0 bridgehead atoms. The molecule has 1 aliphatic heterocycles. The van der Waals surface area contributed by atoms with Gasteiger partial charge in [0.05, 0.1) is 42.6 Å². The highest BCUT2D eigenvalue weighted by molar-refractivity contribution is 5.96. The van der Waals surface area contributed by atoms with Gasteiger partial charge in [-0.25, -0.2) is 4.79 Å². The molecule has 0 unspecified atom stereocenters. The Morgan fingerprint density at radius 2 is 1.65 bits per heavy atom. The summed E-state index contributed by atoms with van der Waals surface area (Å²) in [5.41, 5.74) is 3.28. The lowest BCUT2D eigenvalue weighted by molar-refractivity contribution is 0.0478. The van der Waals surface area contributed by atoms with Gasteiger partial charge in [-0.1, -0.05) is 12.1 Å². The lowest BCUT2D eigenvalue weighted by atomic mass is 10.0. The van der Waals surface area contributed by atoms with Gasteiger partial charge < -0.3 is 18.8 Å². The van der Waals surface area contributed by atoms with Crippen LogP contribution in [-0.4, -0.2) is 34.0 Å². The molecule has 0 fully saturated rings. The van der Waals surface area contributed by atoms with Crippen molar-refractivity contribution in [2.24, 2.45) is 14.1 Å². The number of rotatable bonds is 5. The maximum absolute atomic E-state index is 13.5. The number of hydrogen-bond acceptors (Lipinski definition) is 5. The molecule has 176 valence electrons. The van der Waals surface area contributed by atoms with Crippen LogP contribution in [0.25, 0.3) is 22.2 Å². The Morgan fingerprint density at radius 3 is 2.29 bits per heavy atom. The Labute approximate surface area is 196 Å². The van der Waals surface area contributed by atoms with Crippen molar-refractivity contribution in [3.05, 3.63) is 80.6 Å². The van der Waals surface area contributed by atoms with Crippen molar-refractivity contribution >= 4 is 10.9 Å². The molecule has 34 heavy (non-hydrogen) atoms. The van der Waals surface area contributed by atoms with Crippen LogP contribution in [0.2, 0.25) is 0 Å². The first-order valence-electron chi connectivity index (χ1n) is 11.3. The molecule has 3 heterocycles. The molecule has 1 atom stereocenters. The van der Waals surface area contributed by atoms with Crippen LogP contribution in [0, 0.1) is 0 Å². The summed E-state index contributed by atoms with van der Waals surface area (Å²) >= 11 is 0. The molecule has 4 aromatic rings. The predicted molar refractivity (Wildman–Crippen MR) is 130 cm³/mol. The molecule has 0 aliphatic carbocycles. The fraction of sp³-hybridized carbons (Fsp3) is 0.308. The van der Waals surface area contributed by atoms with Gasteiger partial charge in [-0.2, -0.15) is 0 Å². The van der Waals surface area contributed by atoms with Crippen LogP contribution >= 0.6 is 0 Å². The summed E-state index contributed by atoms with van der Waals surface area (Å²) < 4.78 is 22.0. The number of hydrogen-bond donors (Lipinski definition) is 0. The fourth-order valence-corrected chi connectivity index (χ4v) is 4.79. The Balaban J connectivity index is 1.82. The molecule has 2 aromatic heterocycles. The summed E-state index contributed by atoms with van der Waals surface area (Å²) in [5.74, 6) is 1.51. The minimum Gasteiger partial charge on any atom is -0.497 e. The van der Waals surface area contributed by atoms with Crippen molar-refractivity contribution < 1.29 is 14.2 Å². The van der Waals surface area contributed by atoms with E-state index in [4.69, 9.17) is 14.2 Å². The molecule has 1 aliphatic rings. The van der Waals surface area contributed by atoms with E-state index in [1.807, 2.05) is 55.5 Å². The number of benzene rings is 2. The highest BCUT2D eigenvalue weighted by atomic mass is 16.5. The van der Waals surface area contributed by atoms with Crippen LogP contribution in [-0.2, 0) is 25.4 Å². The van der Waals surface area contributed by atoms with E-state index in [0.717, 1.165) is 38.6 Å². The maximum Gasteiger partial charge on any atom is 0.331 e. The van der Waals surface area contributed by atoms with Crippen molar-refractivity contribution in [2.45, 2.75) is 19.6 Å². The zero-order chi connectivity index (χ0) is 24.0.